The van der Waals surface area contributed by atoms with Gasteiger partial charge in [-0.15, -0.1) is 10.2 Å². The number of aryl methyl sites for hydroxylation is 1. The molecular formula is C17H16N2O4S. The lowest BCUT2D eigenvalue weighted by Gasteiger charge is -2.08. The Hall–Kier alpha value is -2.54. The molecule has 0 saturated heterocycles. The molecule has 2 heterocycles. The molecule has 1 aromatic carbocycles. The first-order valence-corrected chi connectivity index (χ1v) is 8.19. The summed E-state index contributed by atoms with van der Waals surface area (Å²) >= 11 is 1.23. The summed E-state index contributed by atoms with van der Waals surface area (Å²) in [5, 5.41) is 7.99. The van der Waals surface area contributed by atoms with Crippen LogP contribution in [0.3, 0.4) is 0 Å². The summed E-state index contributed by atoms with van der Waals surface area (Å²) < 4.78 is 15.9. The molecule has 1 atom stereocenters. The number of ether oxygens (including phenoxy) is 1. The SMILES string of the molecule is COc1ccc(C(=O)[C@H](C)Sc2nnc(-c3ccoc3C)o2)cc1. The van der Waals surface area contributed by atoms with Crippen LogP contribution in [0.2, 0.25) is 0 Å². The normalized spacial score (nSPS) is 12.1. The molecule has 0 bridgehead atoms. The van der Waals surface area contributed by atoms with E-state index >= 15 is 0 Å². The van der Waals surface area contributed by atoms with E-state index in [0.717, 1.165) is 5.56 Å². The zero-order valence-electron chi connectivity index (χ0n) is 13.5. The van der Waals surface area contributed by atoms with E-state index in [4.69, 9.17) is 13.6 Å². The molecule has 0 N–H and O–H groups in total. The van der Waals surface area contributed by atoms with Gasteiger partial charge in [-0.25, -0.2) is 0 Å². The van der Waals surface area contributed by atoms with Crippen molar-refractivity contribution in [3.8, 4) is 17.2 Å². The van der Waals surface area contributed by atoms with E-state index in [1.807, 2.05) is 13.8 Å². The van der Waals surface area contributed by atoms with Gasteiger partial charge < -0.3 is 13.6 Å². The van der Waals surface area contributed by atoms with Crippen LogP contribution in [-0.4, -0.2) is 28.3 Å². The van der Waals surface area contributed by atoms with Crippen molar-refractivity contribution in [2.45, 2.75) is 24.3 Å². The van der Waals surface area contributed by atoms with Gasteiger partial charge in [-0.1, -0.05) is 11.8 Å². The lowest BCUT2D eigenvalue weighted by Crippen LogP contribution is -2.13. The molecule has 3 aromatic rings. The minimum atomic E-state index is -0.350. The first-order chi connectivity index (χ1) is 11.6. The number of rotatable bonds is 6. The van der Waals surface area contributed by atoms with Crippen LogP contribution in [0.5, 0.6) is 5.75 Å². The molecule has 0 saturated carbocycles. The van der Waals surface area contributed by atoms with Crippen molar-refractivity contribution < 1.29 is 18.4 Å². The highest BCUT2D eigenvalue weighted by Gasteiger charge is 2.21. The Labute approximate surface area is 143 Å². The molecule has 124 valence electrons. The average molecular weight is 344 g/mol. The number of carbonyl (C=O) groups is 1. The molecule has 7 heteroatoms. The van der Waals surface area contributed by atoms with Crippen LogP contribution in [0.4, 0.5) is 0 Å². The highest BCUT2D eigenvalue weighted by atomic mass is 32.2. The lowest BCUT2D eigenvalue weighted by molar-refractivity contribution is 0.0993. The predicted octanol–water partition coefficient (Wildman–Crippen LogP) is 4.01. The first kappa shape index (κ1) is 16.3. The van der Waals surface area contributed by atoms with Crippen molar-refractivity contribution in [3.05, 3.63) is 47.9 Å². The number of hydrogen-bond donors (Lipinski definition) is 0. The standard InChI is InChI=1S/C17H16N2O4S/c1-10-14(8-9-22-10)16-18-19-17(23-16)24-11(2)15(20)12-4-6-13(21-3)7-5-12/h4-9,11H,1-3H3/t11-/m0/s1. The van der Waals surface area contributed by atoms with Crippen LogP contribution in [0.1, 0.15) is 23.0 Å². The molecule has 0 aliphatic carbocycles. The van der Waals surface area contributed by atoms with E-state index in [-0.39, 0.29) is 11.0 Å². The quantitative estimate of drug-likeness (QED) is 0.494. The zero-order valence-corrected chi connectivity index (χ0v) is 14.3. The number of Topliss-reactive ketones (excluding diaryl/α,β-unsaturated/α-hetero) is 1. The summed E-state index contributed by atoms with van der Waals surface area (Å²) in [6.45, 7) is 3.63. The second-order valence-electron chi connectivity index (χ2n) is 5.12. The average Bonchev–Trinajstić information content (AvgIpc) is 3.22. The molecule has 0 spiro atoms. The maximum atomic E-state index is 12.5. The molecule has 3 rings (SSSR count). The molecule has 0 amide bonds. The zero-order chi connectivity index (χ0) is 17.1. The Morgan fingerprint density at radius 2 is 1.96 bits per heavy atom. The predicted molar refractivity (Wildman–Crippen MR) is 89.4 cm³/mol. The van der Waals surface area contributed by atoms with Gasteiger partial charge in [-0.05, 0) is 44.2 Å². The fourth-order valence-corrected chi connectivity index (χ4v) is 2.93. The number of carbonyl (C=O) groups excluding carboxylic acids is 1. The molecule has 0 aliphatic rings. The summed E-state index contributed by atoms with van der Waals surface area (Å²) in [5.74, 6) is 1.79. The van der Waals surface area contributed by atoms with E-state index in [9.17, 15) is 4.79 Å². The Kier molecular flexibility index (Phi) is 4.71. The summed E-state index contributed by atoms with van der Waals surface area (Å²) in [5.41, 5.74) is 1.37. The minimum Gasteiger partial charge on any atom is -0.497 e. The van der Waals surface area contributed by atoms with Crippen LogP contribution in [0.25, 0.3) is 11.5 Å². The number of nitrogens with zero attached hydrogens (tertiary/aromatic N) is 2. The largest absolute Gasteiger partial charge is 0.497 e. The number of ketones is 1. The second kappa shape index (κ2) is 6.92. The molecule has 0 unspecified atom stereocenters. The minimum absolute atomic E-state index is 0.0121. The number of hydrogen-bond acceptors (Lipinski definition) is 7. The van der Waals surface area contributed by atoms with Crippen molar-refractivity contribution >= 4 is 17.5 Å². The van der Waals surface area contributed by atoms with Crippen LogP contribution < -0.4 is 4.74 Å². The maximum absolute atomic E-state index is 12.5. The van der Waals surface area contributed by atoms with Gasteiger partial charge in [0.15, 0.2) is 5.78 Å². The number of benzene rings is 1. The topological polar surface area (TPSA) is 78.4 Å². The third-order valence-electron chi connectivity index (χ3n) is 3.52. The van der Waals surface area contributed by atoms with Gasteiger partial charge >= 0.3 is 0 Å². The third-order valence-corrected chi connectivity index (χ3v) is 4.45. The van der Waals surface area contributed by atoms with Gasteiger partial charge in [0.25, 0.3) is 11.1 Å². The van der Waals surface area contributed by atoms with E-state index in [1.54, 1.807) is 43.7 Å². The molecule has 0 fully saturated rings. The highest BCUT2D eigenvalue weighted by molar-refractivity contribution is 8.00. The van der Waals surface area contributed by atoms with Crippen LogP contribution in [0, 0.1) is 6.92 Å². The molecule has 6 nitrogen and oxygen atoms in total. The fraction of sp³-hybridized carbons (Fsp3) is 0.235. The Morgan fingerprint density at radius 3 is 2.58 bits per heavy atom. The Morgan fingerprint density at radius 1 is 1.21 bits per heavy atom. The molecule has 2 aromatic heterocycles. The van der Waals surface area contributed by atoms with Gasteiger partial charge in [0.2, 0.25) is 0 Å². The van der Waals surface area contributed by atoms with Crippen molar-refractivity contribution in [1.82, 2.24) is 10.2 Å². The van der Waals surface area contributed by atoms with Crippen LogP contribution in [-0.2, 0) is 0 Å². The Balaban J connectivity index is 1.70. The second-order valence-corrected chi connectivity index (χ2v) is 6.41. The van der Waals surface area contributed by atoms with Crippen LogP contribution in [0.15, 0.2) is 50.7 Å². The van der Waals surface area contributed by atoms with Gasteiger partial charge in [0.05, 0.1) is 24.2 Å². The summed E-state index contributed by atoms with van der Waals surface area (Å²) in [4.78, 5) is 12.5. The summed E-state index contributed by atoms with van der Waals surface area (Å²) in [6, 6.07) is 8.77. The Bertz CT molecular complexity index is 838. The van der Waals surface area contributed by atoms with Gasteiger partial charge in [-0.2, -0.15) is 0 Å². The van der Waals surface area contributed by atoms with Crippen molar-refractivity contribution in [2.75, 3.05) is 7.11 Å². The summed E-state index contributed by atoms with van der Waals surface area (Å²) in [6.07, 6.45) is 1.57. The molecule has 0 radical (unpaired) electrons. The maximum Gasteiger partial charge on any atom is 0.277 e. The monoisotopic (exact) mass is 344 g/mol. The summed E-state index contributed by atoms with van der Waals surface area (Å²) in [7, 11) is 1.59. The van der Waals surface area contributed by atoms with Gasteiger partial charge in [0, 0.05) is 5.56 Å². The van der Waals surface area contributed by atoms with E-state index in [2.05, 4.69) is 10.2 Å². The lowest BCUT2D eigenvalue weighted by atomic mass is 10.1. The van der Waals surface area contributed by atoms with Crippen molar-refractivity contribution in [1.29, 1.82) is 0 Å². The molecule has 0 aliphatic heterocycles. The van der Waals surface area contributed by atoms with Crippen molar-refractivity contribution in [2.24, 2.45) is 0 Å². The van der Waals surface area contributed by atoms with E-state index in [1.165, 1.54) is 11.8 Å². The van der Waals surface area contributed by atoms with Crippen molar-refractivity contribution in [3.63, 3.8) is 0 Å². The number of aromatic nitrogens is 2. The number of methoxy groups -OCH3 is 1. The van der Waals surface area contributed by atoms with Gasteiger partial charge in [0.1, 0.15) is 11.5 Å². The smallest absolute Gasteiger partial charge is 0.277 e. The van der Waals surface area contributed by atoms with Gasteiger partial charge in [-0.3, -0.25) is 4.79 Å². The highest BCUT2D eigenvalue weighted by Crippen LogP contribution is 2.29. The fourth-order valence-electron chi connectivity index (χ4n) is 2.17. The molecule has 24 heavy (non-hydrogen) atoms. The van der Waals surface area contributed by atoms with E-state index in [0.29, 0.717) is 28.2 Å². The van der Waals surface area contributed by atoms with Crippen LogP contribution >= 0.6 is 11.8 Å². The molecular weight excluding hydrogens is 328 g/mol. The van der Waals surface area contributed by atoms with E-state index < -0.39 is 0 Å². The number of furan rings is 1. The number of thioether (sulfide) groups is 1. The first-order valence-electron chi connectivity index (χ1n) is 7.31. The third kappa shape index (κ3) is 3.35.